The van der Waals surface area contributed by atoms with Crippen LogP contribution in [0.1, 0.15) is 41.5 Å². The average Bonchev–Trinajstić information content (AvgIpc) is 3.21. The van der Waals surface area contributed by atoms with Gasteiger partial charge in [0, 0.05) is 30.1 Å². The summed E-state index contributed by atoms with van der Waals surface area (Å²) in [6.07, 6.45) is 4.27. The van der Waals surface area contributed by atoms with Gasteiger partial charge < -0.3 is 9.84 Å². The Labute approximate surface area is 225 Å². The fourth-order valence-electron chi connectivity index (χ4n) is 5.49. The van der Waals surface area contributed by atoms with Crippen LogP contribution in [-0.4, -0.2) is 60.0 Å². The molecule has 2 aliphatic heterocycles. The van der Waals surface area contributed by atoms with Crippen LogP contribution in [0.15, 0.2) is 59.9 Å². The summed E-state index contributed by atoms with van der Waals surface area (Å²) in [7, 11) is -3.20. The van der Waals surface area contributed by atoms with Crippen molar-refractivity contribution in [2.24, 2.45) is 0 Å². The van der Waals surface area contributed by atoms with Crippen LogP contribution in [0, 0.1) is 18.3 Å². The molecule has 1 N–H and O–H groups in total. The SMILES string of the molecule is COc1ncccc1C1(N2CCCC[C@H]2C(=O)O)C(=O)N(S(=O)(=O)c2ccc(C)cn2)c2ccc(C#N)cc21. The first-order chi connectivity index (χ1) is 18.7. The molecule has 4 heterocycles. The molecule has 0 aliphatic carbocycles. The number of pyridine rings is 2. The molecule has 2 aromatic heterocycles. The average molecular weight is 548 g/mol. The number of carboxylic acids is 1. The molecular formula is C27H25N5O6S. The summed E-state index contributed by atoms with van der Waals surface area (Å²) in [6.45, 7) is 1.93. The van der Waals surface area contributed by atoms with Gasteiger partial charge in [0.25, 0.3) is 15.9 Å². The predicted octanol–water partition coefficient (Wildman–Crippen LogP) is 2.58. The number of benzene rings is 1. The second kappa shape index (κ2) is 9.76. The molecular weight excluding hydrogens is 522 g/mol. The van der Waals surface area contributed by atoms with Crippen molar-refractivity contribution in [2.75, 3.05) is 18.0 Å². The molecule has 2 atom stereocenters. The number of carbonyl (C=O) groups excluding carboxylic acids is 1. The number of ether oxygens (including phenoxy) is 1. The van der Waals surface area contributed by atoms with E-state index >= 15 is 0 Å². The lowest BCUT2D eigenvalue weighted by atomic mass is 9.79. The quantitative estimate of drug-likeness (QED) is 0.487. The number of rotatable bonds is 6. The molecule has 0 spiro atoms. The zero-order valence-electron chi connectivity index (χ0n) is 21.2. The van der Waals surface area contributed by atoms with Gasteiger partial charge >= 0.3 is 5.97 Å². The van der Waals surface area contributed by atoms with E-state index in [9.17, 15) is 28.4 Å². The molecule has 1 fully saturated rings. The normalized spacial score (nSPS) is 21.3. The highest BCUT2D eigenvalue weighted by molar-refractivity contribution is 7.93. The minimum atomic E-state index is -4.56. The topological polar surface area (TPSA) is 154 Å². The monoisotopic (exact) mass is 547 g/mol. The van der Waals surface area contributed by atoms with E-state index in [0.29, 0.717) is 17.1 Å². The number of piperidine rings is 1. The Kier molecular flexibility index (Phi) is 6.57. The van der Waals surface area contributed by atoms with Crippen molar-refractivity contribution in [3.05, 3.63) is 77.1 Å². The maximum atomic E-state index is 14.8. The summed E-state index contributed by atoms with van der Waals surface area (Å²) in [5.41, 5.74) is -0.735. The fourth-order valence-corrected chi connectivity index (χ4v) is 6.88. The maximum absolute atomic E-state index is 14.8. The highest BCUT2D eigenvalue weighted by atomic mass is 32.2. The van der Waals surface area contributed by atoms with E-state index in [1.165, 1.54) is 48.7 Å². The number of aromatic nitrogens is 2. The fraction of sp³-hybridized carbons (Fsp3) is 0.296. The van der Waals surface area contributed by atoms with Crippen LogP contribution >= 0.6 is 0 Å². The number of anilines is 1. The summed E-state index contributed by atoms with van der Waals surface area (Å²) in [5, 5.41) is 19.6. The van der Waals surface area contributed by atoms with Crippen molar-refractivity contribution >= 4 is 27.6 Å². The van der Waals surface area contributed by atoms with E-state index in [4.69, 9.17) is 4.74 Å². The lowest BCUT2D eigenvalue weighted by molar-refractivity contribution is -0.149. The number of hydrogen-bond donors (Lipinski definition) is 1. The Hall–Kier alpha value is -4.34. The number of methoxy groups -OCH3 is 1. The zero-order chi connectivity index (χ0) is 27.9. The number of hydrogen-bond acceptors (Lipinski definition) is 9. The number of carboxylic acid groups (broad SMARTS) is 1. The Morgan fingerprint density at radius 2 is 1.97 bits per heavy atom. The van der Waals surface area contributed by atoms with Crippen molar-refractivity contribution in [2.45, 2.75) is 42.8 Å². The van der Waals surface area contributed by atoms with Crippen LogP contribution in [0.2, 0.25) is 0 Å². The second-order valence-electron chi connectivity index (χ2n) is 9.41. The van der Waals surface area contributed by atoms with Gasteiger partial charge in [-0.05, 0) is 61.7 Å². The number of aliphatic carboxylic acids is 1. The molecule has 1 amide bonds. The van der Waals surface area contributed by atoms with Crippen molar-refractivity contribution in [3.63, 3.8) is 0 Å². The van der Waals surface area contributed by atoms with Gasteiger partial charge in [-0.2, -0.15) is 18.0 Å². The Bertz CT molecular complexity index is 1620. The highest BCUT2D eigenvalue weighted by Crippen LogP contribution is 2.53. The highest BCUT2D eigenvalue weighted by Gasteiger charge is 2.62. The van der Waals surface area contributed by atoms with Crippen molar-refractivity contribution in [1.29, 1.82) is 5.26 Å². The largest absolute Gasteiger partial charge is 0.481 e. The molecule has 11 nitrogen and oxygen atoms in total. The maximum Gasteiger partial charge on any atom is 0.320 e. The number of sulfonamides is 1. The van der Waals surface area contributed by atoms with E-state index in [1.54, 1.807) is 25.1 Å². The number of carbonyl (C=O) groups is 2. The van der Waals surface area contributed by atoms with Crippen LogP contribution in [-0.2, 0) is 25.2 Å². The van der Waals surface area contributed by atoms with Gasteiger partial charge in [-0.3, -0.25) is 14.5 Å². The standard InChI is InChI=1S/C27H25N5O6S/c1-17-8-11-23(30-16-17)39(36,37)32-21-10-9-18(15-28)14-20(21)27(26(32)35,19-6-5-12-29-24(19)38-2)31-13-4-3-7-22(31)25(33)34/h5-6,8-12,14,16,22H,3-4,7,13H2,1-2H3,(H,33,34)/t22-,27?/m0/s1. The van der Waals surface area contributed by atoms with E-state index in [0.717, 1.165) is 5.56 Å². The molecule has 2 aliphatic rings. The molecule has 0 bridgehead atoms. The van der Waals surface area contributed by atoms with Crippen molar-refractivity contribution in [3.8, 4) is 11.9 Å². The molecule has 1 unspecified atom stereocenters. The molecule has 5 rings (SSSR count). The van der Waals surface area contributed by atoms with Crippen molar-refractivity contribution in [1.82, 2.24) is 14.9 Å². The second-order valence-corrected chi connectivity index (χ2v) is 11.1. The minimum absolute atomic E-state index is 0.00185. The molecule has 39 heavy (non-hydrogen) atoms. The third-order valence-corrected chi connectivity index (χ3v) is 8.80. The summed E-state index contributed by atoms with van der Waals surface area (Å²) in [6, 6.07) is 11.2. The van der Waals surface area contributed by atoms with Gasteiger partial charge in [0.2, 0.25) is 5.88 Å². The summed E-state index contributed by atoms with van der Waals surface area (Å²) in [5.74, 6) is -2.04. The molecule has 200 valence electrons. The van der Waals surface area contributed by atoms with E-state index in [1.807, 2.05) is 6.07 Å². The Morgan fingerprint density at radius 3 is 2.64 bits per heavy atom. The molecule has 0 saturated carbocycles. The van der Waals surface area contributed by atoms with Crippen molar-refractivity contribution < 1.29 is 27.9 Å². The first-order valence-electron chi connectivity index (χ1n) is 12.2. The van der Waals surface area contributed by atoms with E-state index in [-0.39, 0.29) is 46.2 Å². The minimum Gasteiger partial charge on any atom is -0.481 e. The number of aryl methyl sites for hydroxylation is 1. The number of nitrogens with zero attached hydrogens (tertiary/aromatic N) is 5. The zero-order valence-corrected chi connectivity index (χ0v) is 22.1. The molecule has 3 aromatic rings. The number of likely N-dealkylation sites (tertiary alicyclic amines) is 1. The summed E-state index contributed by atoms with van der Waals surface area (Å²) >= 11 is 0. The van der Waals surface area contributed by atoms with Crippen LogP contribution in [0.3, 0.4) is 0 Å². The third kappa shape index (κ3) is 3.93. The lowest BCUT2D eigenvalue weighted by Gasteiger charge is -2.45. The predicted molar refractivity (Wildman–Crippen MR) is 138 cm³/mol. The lowest BCUT2D eigenvalue weighted by Crippen LogP contribution is -2.61. The van der Waals surface area contributed by atoms with Gasteiger partial charge in [0.05, 0.1) is 24.4 Å². The number of amides is 1. The summed E-state index contributed by atoms with van der Waals surface area (Å²) in [4.78, 5) is 37.2. The van der Waals surface area contributed by atoms with E-state index < -0.39 is 33.5 Å². The Morgan fingerprint density at radius 1 is 1.18 bits per heavy atom. The summed E-state index contributed by atoms with van der Waals surface area (Å²) < 4.78 is 34.3. The van der Waals surface area contributed by atoms with Crippen LogP contribution in [0.5, 0.6) is 5.88 Å². The van der Waals surface area contributed by atoms with Gasteiger partial charge in [-0.25, -0.2) is 9.97 Å². The van der Waals surface area contributed by atoms with Gasteiger partial charge in [-0.15, -0.1) is 0 Å². The number of fused-ring (bicyclic) bond motifs is 1. The smallest absolute Gasteiger partial charge is 0.320 e. The first kappa shape index (κ1) is 26.3. The van der Waals surface area contributed by atoms with Gasteiger partial charge in [0.1, 0.15) is 6.04 Å². The van der Waals surface area contributed by atoms with Gasteiger partial charge in [0.15, 0.2) is 10.6 Å². The van der Waals surface area contributed by atoms with E-state index in [2.05, 4.69) is 9.97 Å². The van der Waals surface area contributed by atoms with Crippen LogP contribution in [0.4, 0.5) is 5.69 Å². The molecule has 0 radical (unpaired) electrons. The number of nitriles is 1. The molecule has 1 aromatic carbocycles. The van der Waals surface area contributed by atoms with Gasteiger partial charge in [-0.1, -0.05) is 12.5 Å². The molecule has 12 heteroatoms. The van der Waals surface area contributed by atoms with Crippen LogP contribution in [0.25, 0.3) is 0 Å². The third-order valence-electron chi connectivity index (χ3n) is 7.19. The first-order valence-corrected chi connectivity index (χ1v) is 13.7. The molecule has 1 saturated heterocycles. The Balaban J connectivity index is 1.89. The van der Waals surface area contributed by atoms with Crippen LogP contribution < -0.4 is 9.04 Å².